The summed E-state index contributed by atoms with van der Waals surface area (Å²) >= 11 is 7.48. The molecule has 2 rings (SSSR count). The minimum Gasteiger partial charge on any atom is -0.390 e. The van der Waals surface area contributed by atoms with Gasteiger partial charge in [0.1, 0.15) is 0 Å². The van der Waals surface area contributed by atoms with E-state index < -0.39 is 0 Å². The van der Waals surface area contributed by atoms with Crippen molar-refractivity contribution in [3.8, 4) is 0 Å². The van der Waals surface area contributed by atoms with Gasteiger partial charge in [0.05, 0.1) is 10.4 Å². The van der Waals surface area contributed by atoms with Crippen molar-refractivity contribution in [2.24, 2.45) is 0 Å². The molecule has 1 fully saturated rings. The van der Waals surface area contributed by atoms with Crippen LogP contribution in [0.3, 0.4) is 0 Å². The zero-order chi connectivity index (χ0) is 12.3. The lowest BCUT2D eigenvalue weighted by molar-refractivity contribution is 0.121. The Balaban J connectivity index is 1.66. The molecule has 0 saturated heterocycles. The van der Waals surface area contributed by atoms with Gasteiger partial charge in [0.25, 0.3) is 0 Å². The third-order valence-electron chi connectivity index (χ3n) is 2.80. The molecule has 0 spiro atoms. The molecule has 1 aliphatic rings. The van der Waals surface area contributed by atoms with Gasteiger partial charge in [0.15, 0.2) is 0 Å². The maximum Gasteiger partial charge on any atom is 0.0931 e. The zero-order valence-corrected chi connectivity index (χ0v) is 11.6. The summed E-state index contributed by atoms with van der Waals surface area (Å²) < 4.78 is 0.823. The summed E-state index contributed by atoms with van der Waals surface area (Å²) in [6, 6.07) is 4.62. The Labute approximate surface area is 111 Å². The minimum absolute atomic E-state index is 0.295. The number of likely N-dealkylation sites (N-methyl/N-ethyl adjacent to an activating group) is 1. The van der Waals surface area contributed by atoms with Crippen molar-refractivity contribution in [3.63, 3.8) is 0 Å². The van der Waals surface area contributed by atoms with Crippen LogP contribution in [0, 0.1) is 0 Å². The van der Waals surface area contributed by atoms with E-state index in [1.165, 1.54) is 17.7 Å². The molecule has 0 aliphatic heterocycles. The Kier molecular flexibility index (Phi) is 4.82. The van der Waals surface area contributed by atoms with Crippen LogP contribution in [-0.2, 0) is 6.54 Å². The number of nitrogens with zero attached hydrogens (tertiary/aromatic N) is 1. The average molecular weight is 275 g/mol. The maximum absolute atomic E-state index is 9.85. The Hall–Kier alpha value is -0.130. The first-order chi connectivity index (χ1) is 8.13. The van der Waals surface area contributed by atoms with E-state index >= 15 is 0 Å². The van der Waals surface area contributed by atoms with Crippen molar-refractivity contribution in [1.29, 1.82) is 0 Å². The topological polar surface area (TPSA) is 35.5 Å². The molecule has 0 amide bonds. The highest BCUT2D eigenvalue weighted by molar-refractivity contribution is 7.16. The Morgan fingerprint density at radius 2 is 2.35 bits per heavy atom. The van der Waals surface area contributed by atoms with Crippen LogP contribution in [0.5, 0.6) is 0 Å². The smallest absolute Gasteiger partial charge is 0.0931 e. The first-order valence-electron chi connectivity index (χ1n) is 5.97. The first-order valence-corrected chi connectivity index (χ1v) is 7.17. The van der Waals surface area contributed by atoms with E-state index in [0.29, 0.717) is 19.1 Å². The fourth-order valence-corrected chi connectivity index (χ4v) is 2.95. The molecule has 5 heteroatoms. The summed E-state index contributed by atoms with van der Waals surface area (Å²) in [5.74, 6) is 0. The summed E-state index contributed by atoms with van der Waals surface area (Å²) in [6.07, 6.45) is 2.23. The molecule has 1 unspecified atom stereocenters. The van der Waals surface area contributed by atoms with Gasteiger partial charge in [-0.2, -0.15) is 0 Å². The summed E-state index contributed by atoms with van der Waals surface area (Å²) in [5.41, 5.74) is 0. The van der Waals surface area contributed by atoms with Gasteiger partial charge in [0.2, 0.25) is 0 Å². The number of halogens is 1. The Morgan fingerprint density at radius 1 is 1.59 bits per heavy atom. The predicted molar refractivity (Wildman–Crippen MR) is 72.7 cm³/mol. The maximum atomic E-state index is 9.85. The first kappa shape index (κ1) is 13.3. The summed E-state index contributed by atoms with van der Waals surface area (Å²) in [4.78, 5) is 3.36. The van der Waals surface area contributed by atoms with E-state index in [1.54, 1.807) is 11.3 Å². The predicted octanol–water partition coefficient (Wildman–Crippen LogP) is 1.95. The van der Waals surface area contributed by atoms with Gasteiger partial charge in [-0.15, -0.1) is 11.3 Å². The van der Waals surface area contributed by atoms with Crippen LogP contribution in [0.15, 0.2) is 12.1 Å². The second-order valence-electron chi connectivity index (χ2n) is 4.74. The van der Waals surface area contributed by atoms with Gasteiger partial charge in [0, 0.05) is 30.6 Å². The highest BCUT2D eigenvalue weighted by atomic mass is 35.5. The van der Waals surface area contributed by atoms with E-state index in [4.69, 9.17) is 11.6 Å². The van der Waals surface area contributed by atoms with Gasteiger partial charge in [-0.3, -0.25) is 4.90 Å². The molecule has 0 bridgehead atoms. The number of aliphatic hydroxyl groups is 1. The molecule has 1 aromatic rings. The van der Waals surface area contributed by atoms with Crippen LogP contribution >= 0.6 is 22.9 Å². The summed E-state index contributed by atoms with van der Waals surface area (Å²) in [6.45, 7) is 2.23. The summed E-state index contributed by atoms with van der Waals surface area (Å²) in [7, 11) is 2.02. The molecule has 1 heterocycles. The minimum atomic E-state index is -0.295. The van der Waals surface area contributed by atoms with Crippen molar-refractivity contribution < 1.29 is 5.11 Å². The normalized spacial score (nSPS) is 17.6. The molecule has 2 N–H and O–H groups in total. The molecule has 1 aromatic heterocycles. The van der Waals surface area contributed by atoms with Crippen molar-refractivity contribution in [3.05, 3.63) is 21.3 Å². The molecule has 1 atom stereocenters. The highest BCUT2D eigenvalue weighted by Gasteiger charge is 2.21. The van der Waals surface area contributed by atoms with Crippen molar-refractivity contribution in [2.75, 3.05) is 20.1 Å². The fourth-order valence-electron chi connectivity index (χ4n) is 1.78. The monoisotopic (exact) mass is 274 g/mol. The number of hydrogen-bond acceptors (Lipinski definition) is 4. The Bertz CT molecular complexity index is 354. The number of nitrogens with one attached hydrogen (secondary N) is 1. The second kappa shape index (κ2) is 6.16. The molecule has 17 heavy (non-hydrogen) atoms. The number of aliphatic hydroxyl groups excluding tert-OH is 1. The molecular weight excluding hydrogens is 256 g/mol. The highest BCUT2D eigenvalue weighted by Crippen LogP contribution is 2.22. The third-order valence-corrected chi connectivity index (χ3v) is 4.01. The number of thiophene rings is 1. The molecule has 3 nitrogen and oxygen atoms in total. The Morgan fingerprint density at radius 3 is 2.94 bits per heavy atom. The summed E-state index contributed by atoms with van der Waals surface area (Å²) in [5, 5.41) is 13.2. The lowest BCUT2D eigenvalue weighted by Gasteiger charge is -2.20. The quantitative estimate of drug-likeness (QED) is 0.798. The zero-order valence-electron chi connectivity index (χ0n) is 10.0. The van der Waals surface area contributed by atoms with Gasteiger partial charge in [-0.25, -0.2) is 0 Å². The van der Waals surface area contributed by atoms with Crippen LogP contribution in [0.25, 0.3) is 0 Å². The molecule has 96 valence electrons. The molecular formula is C12H19ClN2OS. The van der Waals surface area contributed by atoms with Crippen LogP contribution in [0.1, 0.15) is 17.7 Å². The lowest BCUT2D eigenvalue weighted by atomic mass is 10.3. The molecule has 1 saturated carbocycles. The largest absolute Gasteiger partial charge is 0.390 e. The lowest BCUT2D eigenvalue weighted by Crippen LogP contribution is -2.36. The van der Waals surface area contributed by atoms with Crippen molar-refractivity contribution in [1.82, 2.24) is 10.2 Å². The number of hydrogen-bond donors (Lipinski definition) is 2. The van der Waals surface area contributed by atoms with E-state index in [9.17, 15) is 5.11 Å². The fraction of sp³-hybridized carbons (Fsp3) is 0.667. The van der Waals surface area contributed by atoms with Crippen molar-refractivity contribution in [2.45, 2.75) is 31.5 Å². The average Bonchev–Trinajstić information content (AvgIpc) is 3.00. The van der Waals surface area contributed by atoms with Crippen LogP contribution in [0.4, 0.5) is 0 Å². The van der Waals surface area contributed by atoms with Gasteiger partial charge >= 0.3 is 0 Å². The van der Waals surface area contributed by atoms with Crippen molar-refractivity contribution >= 4 is 22.9 Å². The van der Waals surface area contributed by atoms with Crippen LogP contribution in [-0.4, -0.2) is 42.3 Å². The molecule has 0 aromatic carbocycles. The molecule has 0 radical (unpaired) electrons. The van der Waals surface area contributed by atoms with E-state index in [1.807, 2.05) is 19.2 Å². The molecule has 1 aliphatic carbocycles. The third kappa shape index (κ3) is 4.94. The second-order valence-corrected chi connectivity index (χ2v) is 6.54. The van der Waals surface area contributed by atoms with E-state index in [-0.39, 0.29) is 6.10 Å². The van der Waals surface area contributed by atoms with Gasteiger partial charge in [-0.05, 0) is 32.0 Å². The SMILES string of the molecule is CN(Cc1ccc(Cl)s1)CC(O)CNC1CC1. The van der Waals surface area contributed by atoms with Crippen LogP contribution < -0.4 is 5.32 Å². The standard InChI is InChI=1S/C12H19ClN2OS/c1-15(8-11-4-5-12(13)17-11)7-10(16)6-14-9-2-3-9/h4-5,9-10,14,16H,2-3,6-8H2,1H3. The van der Waals surface area contributed by atoms with Gasteiger partial charge in [-0.1, -0.05) is 11.6 Å². The van der Waals surface area contributed by atoms with Crippen LogP contribution in [0.2, 0.25) is 4.34 Å². The number of rotatable bonds is 7. The van der Waals surface area contributed by atoms with E-state index in [0.717, 1.165) is 10.9 Å². The van der Waals surface area contributed by atoms with Gasteiger partial charge < -0.3 is 10.4 Å². The van der Waals surface area contributed by atoms with E-state index in [2.05, 4.69) is 10.2 Å².